The molecule has 0 radical (unpaired) electrons. The molecule has 1 aromatic heterocycles. The topological polar surface area (TPSA) is 105 Å². The number of hydrogen-bond donors (Lipinski definition) is 0. The molecule has 0 bridgehead atoms. The van der Waals surface area contributed by atoms with Crippen LogP contribution in [0.3, 0.4) is 0 Å². The van der Waals surface area contributed by atoms with Crippen LogP contribution in [0, 0.1) is 10.1 Å². The molecule has 22 heavy (non-hydrogen) atoms. The zero-order valence-electron chi connectivity index (χ0n) is 12.2. The van der Waals surface area contributed by atoms with Crippen LogP contribution in [0.25, 0.3) is 0 Å². The quantitative estimate of drug-likeness (QED) is 0.471. The third kappa shape index (κ3) is 2.41. The number of aromatic nitrogens is 2. The van der Waals surface area contributed by atoms with Crippen molar-refractivity contribution in [3.8, 4) is 5.95 Å². The minimum atomic E-state index is -0.861. The number of nitro benzene ring substituents is 1. The Hall–Kier alpha value is -2.48. The summed E-state index contributed by atoms with van der Waals surface area (Å²) in [6.07, 6.45) is 0.308. The van der Waals surface area contributed by atoms with Gasteiger partial charge in [-0.05, 0) is 31.5 Å². The monoisotopic (exact) mass is 305 g/mol. The minimum absolute atomic E-state index is 0.0326. The first-order valence-electron chi connectivity index (χ1n) is 6.88. The smallest absolute Gasteiger partial charge is 0.269 e. The summed E-state index contributed by atoms with van der Waals surface area (Å²) in [6.45, 7) is 4.04. The van der Waals surface area contributed by atoms with Crippen LogP contribution in [-0.4, -0.2) is 10.2 Å². The van der Waals surface area contributed by atoms with Gasteiger partial charge in [-0.3, -0.25) is 10.1 Å². The molecule has 0 spiro atoms. The predicted octanol–water partition coefficient (Wildman–Crippen LogP) is 1.34. The molecule has 0 saturated carbocycles. The molecule has 1 aliphatic rings. The summed E-state index contributed by atoms with van der Waals surface area (Å²) in [5.41, 5.74) is 0.371. The SMILES string of the molecule is CC1(C)OC(c2ccc([N+](=O)[O-])cc2)CC[n+]2noc([O-])c21. The van der Waals surface area contributed by atoms with E-state index in [4.69, 9.17) is 9.26 Å². The maximum absolute atomic E-state index is 11.8. The van der Waals surface area contributed by atoms with Crippen LogP contribution in [0.1, 0.15) is 37.6 Å². The lowest BCUT2D eigenvalue weighted by Gasteiger charge is -2.25. The van der Waals surface area contributed by atoms with Crippen molar-refractivity contribution in [2.45, 2.75) is 38.5 Å². The number of aryl methyl sites for hydroxylation is 1. The minimum Gasteiger partial charge on any atom is -0.539 e. The number of fused-ring (bicyclic) bond motifs is 1. The number of nitro groups is 1. The highest BCUT2D eigenvalue weighted by Gasteiger charge is 2.41. The number of non-ortho nitro benzene ring substituents is 1. The Morgan fingerprint density at radius 2 is 2.05 bits per heavy atom. The van der Waals surface area contributed by atoms with Crippen molar-refractivity contribution in [1.82, 2.24) is 5.27 Å². The van der Waals surface area contributed by atoms with Gasteiger partial charge in [0, 0.05) is 18.6 Å². The van der Waals surface area contributed by atoms with Crippen molar-refractivity contribution >= 4 is 5.69 Å². The Morgan fingerprint density at radius 3 is 2.68 bits per heavy atom. The van der Waals surface area contributed by atoms with Gasteiger partial charge in [-0.1, -0.05) is 4.68 Å². The van der Waals surface area contributed by atoms with Crippen LogP contribution >= 0.6 is 0 Å². The molecular weight excluding hydrogens is 290 g/mol. The zero-order chi connectivity index (χ0) is 15.9. The van der Waals surface area contributed by atoms with Gasteiger partial charge in [0.1, 0.15) is 0 Å². The Morgan fingerprint density at radius 1 is 1.36 bits per heavy atom. The van der Waals surface area contributed by atoms with Gasteiger partial charge >= 0.3 is 0 Å². The van der Waals surface area contributed by atoms with E-state index in [-0.39, 0.29) is 11.8 Å². The van der Waals surface area contributed by atoms with Crippen molar-refractivity contribution in [1.29, 1.82) is 0 Å². The van der Waals surface area contributed by atoms with E-state index in [2.05, 4.69) is 5.27 Å². The Labute approximate surface area is 126 Å². The molecule has 1 aromatic carbocycles. The molecule has 0 saturated heterocycles. The first-order chi connectivity index (χ1) is 10.4. The maximum Gasteiger partial charge on any atom is 0.269 e. The van der Waals surface area contributed by atoms with Crippen molar-refractivity contribution < 1.29 is 24.0 Å². The molecule has 0 aliphatic carbocycles. The molecule has 3 rings (SSSR count). The highest BCUT2D eigenvalue weighted by molar-refractivity contribution is 5.34. The van der Waals surface area contributed by atoms with Gasteiger partial charge in [0.2, 0.25) is 0 Å². The zero-order valence-corrected chi connectivity index (χ0v) is 12.2. The molecule has 1 atom stereocenters. The molecule has 0 fully saturated rings. The van der Waals surface area contributed by atoms with Crippen molar-refractivity contribution in [3.63, 3.8) is 0 Å². The summed E-state index contributed by atoms with van der Waals surface area (Å²) in [5.74, 6) is -0.505. The highest BCUT2D eigenvalue weighted by atomic mass is 16.6. The summed E-state index contributed by atoms with van der Waals surface area (Å²) in [4.78, 5) is 10.3. The molecular formula is C14H15N3O5. The summed E-state index contributed by atoms with van der Waals surface area (Å²) >= 11 is 0. The third-order valence-electron chi connectivity index (χ3n) is 3.76. The Balaban J connectivity index is 1.90. The summed E-state index contributed by atoms with van der Waals surface area (Å²) in [6, 6.07) is 6.25. The van der Waals surface area contributed by atoms with Gasteiger partial charge < -0.3 is 14.4 Å². The molecule has 0 amide bonds. The Bertz CT molecular complexity index is 708. The highest BCUT2D eigenvalue weighted by Crippen LogP contribution is 2.37. The van der Waals surface area contributed by atoms with E-state index in [0.29, 0.717) is 18.7 Å². The predicted molar refractivity (Wildman–Crippen MR) is 70.7 cm³/mol. The van der Waals surface area contributed by atoms with Crippen LogP contribution < -0.4 is 9.79 Å². The fourth-order valence-corrected chi connectivity index (χ4v) is 2.74. The number of rotatable bonds is 2. The maximum atomic E-state index is 11.8. The molecule has 116 valence electrons. The van der Waals surface area contributed by atoms with E-state index in [1.165, 1.54) is 16.8 Å². The standard InChI is InChI=1S/C14H15N3O5/c1-14(2)12-13(18)22-15-16(12)8-7-11(21-14)9-3-5-10(6-4-9)17(19)20/h3-6,11H,7-8H2,1-2H3. The fourth-order valence-electron chi connectivity index (χ4n) is 2.74. The first-order valence-corrected chi connectivity index (χ1v) is 6.88. The van der Waals surface area contributed by atoms with Crippen molar-refractivity contribution in [2.75, 3.05) is 0 Å². The second-order valence-electron chi connectivity index (χ2n) is 5.69. The van der Waals surface area contributed by atoms with Crippen molar-refractivity contribution in [3.05, 3.63) is 45.6 Å². The van der Waals surface area contributed by atoms with Crippen molar-refractivity contribution in [2.24, 2.45) is 0 Å². The lowest BCUT2D eigenvalue weighted by atomic mass is 10.0. The van der Waals surface area contributed by atoms with Gasteiger partial charge in [0.05, 0.1) is 16.3 Å². The van der Waals surface area contributed by atoms with E-state index in [1.807, 2.05) is 0 Å². The van der Waals surface area contributed by atoms with Gasteiger partial charge in [0.15, 0.2) is 18.1 Å². The number of benzene rings is 1. The number of nitrogens with zero attached hydrogens (tertiary/aromatic N) is 3. The van der Waals surface area contributed by atoms with Crippen LogP contribution in [-0.2, 0) is 16.9 Å². The number of ether oxygens (including phenoxy) is 1. The van der Waals surface area contributed by atoms with E-state index in [0.717, 1.165) is 5.56 Å². The first kappa shape index (κ1) is 14.5. The van der Waals surface area contributed by atoms with Crippen LogP contribution in [0.2, 0.25) is 0 Å². The molecule has 1 unspecified atom stereocenters. The summed E-state index contributed by atoms with van der Waals surface area (Å²) < 4.78 is 12.3. The number of hydrogen-bond acceptors (Lipinski definition) is 6. The second kappa shape index (κ2) is 5.06. The van der Waals surface area contributed by atoms with Crippen LogP contribution in [0.5, 0.6) is 5.95 Å². The van der Waals surface area contributed by atoms with E-state index < -0.39 is 16.5 Å². The fraction of sp³-hybridized carbons (Fsp3) is 0.429. The van der Waals surface area contributed by atoms with Gasteiger partial charge in [0.25, 0.3) is 11.4 Å². The lowest BCUT2D eigenvalue weighted by molar-refractivity contribution is -0.770. The molecule has 1 aliphatic heterocycles. The van der Waals surface area contributed by atoms with Gasteiger partial charge in [-0.25, -0.2) is 0 Å². The second-order valence-corrected chi connectivity index (χ2v) is 5.69. The molecule has 0 N–H and O–H groups in total. The van der Waals surface area contributed by atoms with Crippen LogP contribution in [0.4, 0.5) is 5.69 Å². The largest absolute Gasteiger partial charge is 0.539 e. The normalized spacial score (nSPS) is 20.2. The van der Waals surface area contributed by atoms with E-state index in [1.54, 1.807) is 26.0 Å². The van der Waals surface area contributed by atoms with Gasteiger partial charge in [-0.15, -0.1) is 0 Å². The van der Waals surface area contributed by atoms with E-state index in [9.17, 15) is 15.2 Å². The summed E-state index contributed by atoms with van der Waals surface area (Å²) in [5, 5.41) is 26.2. The average Bonchev–Trinajstić information content (AvgIpc) is 2.78. The average molecular weight is 305 g/mol. The lowest BCUT2D eigenvalue weighted by Crippen LogP contribution is -2.43. The summed E-state index contributed by atoms with van der Waals surface area (Å²) in [7, 11) is 0. The molecule has 2 aromatic rings. The Kier molecular flexibility index (Phi) is 3.32. The van der Waals surface area contributed by atoms with E-state index >= 15 is 0 Å². The molecule has 2 heterocycles. The van der Waals surface area contributed by atoms with Crippen LogP contribution in [0.15, 0.2) is 28.8 Å². The molecule has 8 heteroatoms. The van der Waals surface area contributed by atoms with Gasteiger partial charge in [-0.2, -0.15) is 0 Å². The molecule has 8 nitrogen and oxygen atoms in total. The third-order valence-corrected chi connectivity index (χ3v) is 3.76.